The molecular formula is C50H55NO14. The number of ketones is 1. The van der Waals surface area contributed by atoms with Crippen molar-refractivity contribution < 1.29 is 67.8 Å². The van der Waals surface area contributed by atoms with E-state index in [1.807, 2.05) is 6.07 Å². The molecule has 344 valence electrons. The van der Waals surface area contributed by atoms with Gasteiger partial charge in [-0.1, -0.05) is 74.5 Å². The predicted octanol–water partition coefficient (Wildman–Crippen LogP) is 4.44. The van der Waals surface area contributed by atoms with Crippen molar-refractivity contribution in [2.24, 2.45) is 16.7 Å². The van der Waals surface area contributed by atoms with Crippen molar-refractivity contribution in [2.45, 2.75) is 127 Å². The van der Waals surface area contributed by atoms with Crippen LogP contribution in [0, 0.1) is 16.7 Å². The molecule has 3 aromatic carbocycles. The molecule has 2 heterocycles. The van der Waals surface area contributed by atoms with Crippen molar-refractivity contribution in [1.82, 2.24) is 5.32 Å². The highest BCUT2D eigenvalue weighted by molar-refractivity contribution is 5.96. The van der Waals surface area contributed by atoms with Crippen LogP contribution in [0.2, 0.25) is 0 Å². The molecule has 0 radical (unpaired) electrons. The van der Waals surface area contributed by atoms with Crippen molar-refractivity contribution in [3.05, 3.63) is 118 Å². The second kappa shape index (κ2) is 17.2. The molecule has 1 amide bonds. The summed E-state index contributed by atoms with van der Waals surface area (Å²) in [6, 6.07) is 21.8. The summed E-state index contributed by atoms with van der Waals surface area (Å²) in [6.45, 7) is 6.94. The fraction of sp³-hybridized carbons (Fsp3) is 0.480. The molecule has 15 nitrogen and oxygen atoms in total. The van der Waals surface area contributed by atoms with E-state index in [1.54, 1.807) is 87.5 Å². The standard InChI is InChI=1S/C50H55NO14/c1-27-33-25-50(60)43(64-45(58)31-19-10-7-11-20-31)41-48(5,42(56)40(62-28(2)52)37(27)47(50,3)4)34(53)24-35-49(41,26-61-35)65-36(54)22-13-12-15-29-16-14-21-32(23-29)38(39(55)46(59)63-33)51-44(57)30-17-8-6-9-18-30/h6-11,14,16-21,23,33-35,38-41,43,53,55,60H,12-13,15,22,24-26H2,1-5H3,(H,51,57). The molecule has 1 saturated heterocycles. The number of amides is 1. The van der Waals surface area contributed by atoms with Gasteiger partial charge in [-0.15, -0.1) is 0 Å². The van der Waals surface area contributed by atoms with Crippen LogP contribution in [0.25, 0.3) is 0 Å². The van der Waals surface area contributed by atoms with Gasteiger partial charge in [0.1, 0.15) is 23.9 Å². The quantitative estimate of drug-likeness (QED) is 0.158. The highest BCUT2D eigenvalue weighted by atomic mass is 16.6. The first-order chi connectivity index (χ1) is 30.8. The summed E-state index contributed by atoms with van der Waals surface area (Å²) in [5, 5.41) is 40.9. The molecule has 65 heavy (non-hydrogen) atoms. The van der Waals surface area contributed by atoms with E-state index in [4.69, 9.17) is 23.7 Å². The Balaban J connectivity index is 1.34. The van der Waals surface area contributed by atoms with Gasteiger partial charge in [-0.05, 0) is 79.6 Å². The van der Waals surface area contributed by atoms with Crippen LogP contribution in [0.15, 0.2) is 96.1 Å². The van der Waals surface area contributed by atoms with Gasteiger partial charge < -0.3 is 44.3 Å². The summed E-state index contributed by atoms with van der Waals surface area (Å²) < 4.78 is 31.1. The minimum atomic E-state index is -2.39. The van der Waals surface area contributed by atoms with Gasteiger partial charge in [-0.25, -0.2) is 9.59 Å². The first-order valence-corrected chi connectivity index (χ1v) is 22.1. The Bertz CT molecular complexity index is 2420. The van der Waals surface area contributed by atoms with Crippen LogP contribution in [-0.2, 0) is 49.3 Å². The van der Waals surface area contributed by atoms with E-state index >= 15 is 4.79 Å². The lowest BCUT2D eigenvalue weighted by atomic mass is 9.44. The summed E-state index contributed by atoms with van der Waals surface area (Å²) in [4.78, 5) is 85.6. The SMILES string of the molecule is CC(=O)OC1C(=O)C2(C)C(O)CC3OCC34OC(=O)CCCCc3cccc(c3)C(NC(=O)c3ccccc3)C(O)C(=O)OC3CC(O)(C(OC(=O)c5ccccc5)C42)C(C)(C)C1=C3C. The zero-order valence-corrected chi connectivity index (χ0v) is 37.0. The van der Waals surface area contributed by atoms with Gasteiger partial charge in [0.15, 0.2) is 23.6 Å². The molecule has 0 aromatic heterocycles. The second-order valence-corrected chi connectivity index (χ2v) is 18.8. The van der Waals surface area contributed by atoms with Crippen molar-refractivity contribution >= 4 is 35.6 Å². The number of carbonyl (C=O) groups excluding carboxylic acids is 6. The van der Waals surface area contributed by atoms with Crippen LogP contribution in [0.4, 0.5) is 0 Å². The maximum Gasteiger partial charge on any atom is 0.338 e. The number of aliphatic hydroxyl groups is 3. The third-order valence-corrected chi connectivity index (χ3v) is 14.7. The van der Waals surface area contributed by atoms with E-state index in [0.29, 0.717) is 24.8 Å². The molecule has 15 heteroatoms. The highest BCUT2D eigenvalue weighted by Crippen LogP contribution is 2.64. The normalized spacial score (nSPS) is 34.4. The third-order valence-electron chi connectivity index (χ3n) is 14.7. The Kier molecular flexibility index (Phi) is 12.2. The maximum atomic E-state index is 15.7. The monoisotopic (exact) mass is 893 g/mol. The Morgan fingerprint density at radius 3 is 2.15 bits per heavy atom. The maximum absolute atomic E-state index is 15.7. The average molecular weight is 894 g/mol. The lowest BCUT2D eigenvalue weighted by Crippen LogP contribution is -2.82. The molecule has 8 rings (SSSR count). The number of Topliss-reactive ketones (excluding diaryl/α,β-unsaturated/α-hetero) is 1. The van der Waals surface area contributed by atoms with Gasteiger partial charge >= 0.3 is 23.9 Å². The molecule has 2 aliphatic heterocycles. The number of benzene rings is 3. The smallest absolute Gasteiger partial charge is 0.338 e. The Morgan fingerprint density at radius 2 is 1.51 bits per heavy atom. The molecule has 5 aliphatic rings. The summed E-state index contributed by atoms with van der Waals surface area (Å²) in [6.07, 6.45) is -9.27. The number of rotatable bonds is 5. The van der Waals surface area contributed by atoms with Crippen molar-refractivity contribution in [3.8, 4) is 0 Å². The van der Waals surface area contributed by atoms with Gasteiger partial charge in [-0.3, -0.25) is 19.2 Å². The minimum Gasteiger partial charge on any atom is -0.456 e. The van der Waals surface area contributed by atoms with Crippen molar-refractivity contribution in [1.29, 1.82) is 0 Å². The Labute approximate surface area is 376 Å². The highest BCUT2D eigenvalue weighted by Gasteiger charge is 2.78. The molecule has 3 fully saturated rings. The summed E-state index contributed by atoms with van der Waals surface area (Å²) >= 11 is 0. The Morgan fingerprint density at radius 1 is 0.846 bits per heavy atom. The van der Waals surface area contributed by atoms with Crippen LogP contribution >= 0.6 is 0 Å². The number of aryl methyl sites for hydroxylation is 1. The van der Waals surface area contributed by atoms with E-state index in [-0.39, 0.29) is 41.7 Å². The topological polar surface area (TPSA) is 221 Å². The number of fused-ring (bicyclic) bond motifs is 4. The zero-order valence-electron chi connectivity index (χ0n) is 37.0. The molecule has 6 bridgehead atoms. The Hall–Kier alpha value is -5.74. The second-order valence-electron chi connectivity index (χ2n) is 18.8. The van der Waals surface area contributed by atoms with Gasteiger partial charge in [0.25, 0.3) is 5.91 Å². The summed E-state index contributed by atoms with van der Waals surface area (Å²) in [7, 11) is 0. The van der Waals surface area contributed by atoms with Crippen LogP contribution in [0.1, 0.15) is 105 Å². The summed E-state index contributed by atoms with van der Waals surface area (Å²) in [5.41, 5.74) is -6.17. The number of nitrogens with one attached hydrogen (secondary N) is 1. The molecule has 2 saturated carbocycles. The number of aliphatic hydroxyl groups excluding tert-OH is 2. The molecule has 11 atom stereocenters. The van der Waals surface area contributed by atoms with E-state index in [0.717, 1.165) is 12.5 Å². The van der Waals surface area contributed by atoms with Crippen molar-refractivity contribution in [2.75, 3.05) is 6.61 Å². The minimum absolute atomic E-state index is 0.0110. The molecule has 3 aromatic rings. The average Bonchev–Trinajstić information content (AvgIpc) is 3.28. The fourth-order valence-corrected chi connectivity index (χ4v) is 11.1. The molecule has 4 N–H and O–H groups in total. The van der Waals surface area contributed by atoms with Gasteiger partial charge in [-0.2, -0.15) is 0 Å². The number of hydrogen-bond acceptors (Lipinski definition) is 14. The van der Waals surface area contributed by atoms with Crippen LogP contribution in [-0.4, -0.2) is 105 Å². The van der Waals surface area contributed by atoms with Crippen molar-refractivity contribution in [3.63, 3.8) is 0 Å². The van der Waals surface area contributed by atoms with Gasteiger partial charge in [0.05, 0.1) is 35.6 Å². The first kappa shape index (κ1) is 45.8. The lowest BCUT2D eigenvalue weighted by molar-refractivity contribution is -0.346. The molecule has 1 spiro atoms. The van der Waals surface area contributed by atoms with Crippen LogP contribution < -0.4 is 5.32 Å². The van der Waals surface area contributed by atoms with E-state index in [9.17, 15) is 39.3 Å². The number of hydrogen-bond donors (Lipinski definition) is 4. The zero-order chi connectivity index (χ0) is 46.6. The number of carbonyl (C=O) groups is 6. The number of ether oxygens (including phenoxy) is 5. The predicted molar refractivity (Wildman–Crippen MR) is 230 cm³/mol. The largest absolute Gasteiger partial charge is 0.456 e. The summed E-state index contributed by atoms with van der Waals surface area (Å²) in [5.74, 6) is -6.64. The molecule has 3 aliphatic carbocycles. The van der Waals surface area contributed by atoms with E-state index in [1.165, 1.54) is 19.1 Å². The van der Waals surface area contributed by atoms with E-state index < -0.39 is 113 Å². The first-order valence-electron chi connectivity index (χ1n) is 22.1. The van der Waals surface area contributed by atoms with E-state index in [2.05, 4.69) is 5.32 Å². The lowest BCUT2D eigenvalue weighted by Gasteiger charge is -2.67. The van der Waals surface area contributed by atoms with Gasteiger partial charge in [0.2, 0.25) is 0 Å². The third kappa shape index (κ3) is 7.75. The van der Waals surface area contributed by atoms with Crippen LogP contribution in [0.5, 0.6) is 0 Å². The number of esters is 4. The van der Waals surface area contributed by atoms with Crippen LogP contribution in [0.3, 0.4) is 0 Å². The van der Waals surface area contributed by atoms with Gasteiger partial charge in [0, 0.05) is 37.2 Å². The molecule has 11 unspecified atom stereocenters. The fourth-order valence-electron chi connectivity index (χ4n) is 11.1. The molecular weight excluding hydrogens is 839 g/mol.